The summed E-state index contributed by atoms with van der Waals surface area (Å²) in [5, 5.41) is 14.2. The Hall–Kier alpha value is -1.89. The van der Waals surface area contributed by atoms with E-state index in [4.69, 9.17) is 9.88 Å². The van der Waals surface area contributed by atoms with Crippen LogP contribution in [0, 0.1) is 0 Å². The van der Waals surface area contributed by atoms with Gasteiger partial charge in [0.1, 0.15) is 11.6 Å². The number of rotatable bonds is 9. The van der Waals surface area contributed by atoms with E-state index in [1.54, 1.807) is 18.2 Å². The molecule has 9 nitrogen and oxygen atoms in total. The molecule has 2 heterocycles. The zero-order valence-corrected chi connectivity index (χ0v) is 18.0. The highest BCUT2D eigenvalue weighted by Gasteiger charge is 2.33. The van der Waals surface area contributed by atoms with E-state index < -0.39 is 19.9 Å². The molecule has 12 heteroatoms. The molecule has 1 fully saturated rings. The number of sulfone groups is 1. The molecular weight excluding hydrogens is 436 g/mol. The Morgan fingerprint density at radius 3 is 2.62 bits per heavy atom. The summed E-state index contributed by atoms with van der Waals surface area (Å²) >= 11 is 1.44. The summed E-state index contributed by atoms with van der Waals surface area (Å²) in [6, 6.07) is 5.87. The standard InChI is InChI=1S/C17H22N4O5S3/c1-2-8-21-16(13-7-11-28(22,23)12-13)19-20-17(21)27-10-9-26-14-3-5-15(6-4-14)29(18,24)25/h2-6,13H,1,7-12H2,(H2,18,24,25)/t13-/m0/s1. The number of ether oxygens (including phenoxy) is 1. The molecule has 1 aromatic carbocycles. The van der Waals surface area contributed by atoms with E-state index in [9.17, 15) is 16.8 Å². The van der Waals surface area contributed by atoms with Crippen LogP contribution in [-0.2, 0) is 26.4 Å². The van der Waals surface area contributed by atoms with Crippen molar-refractivity contribution in [2.24, 2.45) is 5.14 Å². The molecule has 3 rings (SSSR count). The zero-order chi connectivity index (χ0) is 21.1. The predicted molar refractivity (Wildman–Crippen MR) is 110 cm³/mol. The minimum absolute atomic E-state index is 0.0261. The highest BCUT2D eigenvalue weighted by atomic mass is 32.2. The first-order valence-electron chi connectivity index (χ1n) is 8.82. The Bertz CT molecular complexity index is 1080. The van der Waals surface area contributed by atoms with E-state index in [0.717, 1.165) is 0 Å². The van der Waals surface area contributed by atoms with Gasteiger partial charge in [-0.05, 0) is 30.7 Å². The number of nitrogens with zero attached hydrogens (tertiary/aromatic N) is 3. The molecule has 158 valence electrons. The monoisotopic (exact) mass is 458 g/mol. The number of aromatic nitrogens is 3. The molecule has 0 amide bonds. The second-order valence-corrected chi connectivity index (χ2v) is 11.4. The number of hydrogen-bond acceptors (Lipinski definition) is 8. The average Bonchev–Trinajstić information content (AvgIpc) is 3.21. The van der Waals surface area contributed by atoms with Gasteiger partial charge in [-0.1, -0.05) is 17.8 Å². The lowest BCUT2D eigenvalue weighted by Gasteiger charge is -2.11. The lowest BCUT2D eigenvalue weighted by Crippen LogP contribution is -2.12. The molecule has 29 heavy (non-hydrogen) atoms. The number of allylic oxidation sites excluding steroid dienone is 1. The minimum atomic E-state index is -3.73. The van der Waals surface area contributed by atoms with Crippen molar-refractivity contribution in [2.75, 3.05) is 23.9 Å². The van der Waals surface area contributed by atoms with Gasteiger partial charge < -0.3 is 9.30 Å². The fraction of sp³-hybridized carbons (Fsp3) is 0.412. The Balaban J connectivity index is 1.58. The van der Waals surface area contributed by atoms with E-state index in [1.165, 1.54) is 23.9 Å². The Kier molecular flexibility index (Phi) is 6.66. The number of primary sulfonamides is 1. The molecule has 1 aliphatic rings. The number of hydrogen-bond donors (Lipinski definition) is 1. The van der Waals surface area contributed by atoms with Crippen LogP contribution in [-0.4, -0.2) is 55.5 Å². The molecule has 1 atom stereocenters. The molecule has 2 aromatic rings. The van der Waals surface area contributed by atoms with Crippen LogP contribution in [0.5, 0.6) is 5.75 Å². The summed E-state index contributed by atoms with van der Waals surface area (Å²) < 4.78 is 53.6. The van der Waals surface area contributed by atoms with Gasteiger partial charge in [-0.15, -0.1) is 16.8 Å². The summed E-state index contributed by atoms with van der Waals surface area (Å²) in [6.45, 7) is 4.62. The highest BCUT2D eigenvalue weighted by molar-refractivity contribution is 7.99. The molecular formula is C17H22N4O5S3. The minimum Gasteiger partial charge on any atom is -0.493 e. The molecule has 0 spiro atoms. The number of thioether (sulfide) groups is 1. The van der Waals surface area contributed by atoms with Crippen molar-refractivity contribution in [2.45, 2.75) is 28.9 Å². The van der Waals surface area contributed by atoms with Crippen LogP contribution in [0.4, 0.5) is 0 Å². The first-order chi connectivity index (χ1) is 13.7. The molecule has 1 aliphatic heterocycles. The maximum Gasteiger partial charge on any atom is 0.238 e. The second kappa shape index (κ2) is 8.86. The topological polar surface area (TPSA) is 134 Å². The predicted octanol–water partition coefficient (Wildman–Crippen LogP) is 1.18. The van der Waals surface area contributed by atoms with Gasteiger partial charge in [0.25, 0.3) is 0 Å². The van der Waals surface area contributed by atoms with Gasteiger partial charge in [0.2, 0.25) is 10.0 Å². The van der Waals surface area contributed by atoms with Crippen molar-refractivity contribution in [3.8, 4) is 5.75 Å². The van der Waals surface area contributed by atoms with Crippen molar-refractivity contribution in [1.29, 1.82) is 0 Å². The Labute approximate surface area is 174 Å². The van der Waals surface area contributed by atoms with E-state index in [-0.39, 0.29) is 22.3 Å². The molecule has 0 aliphatic carbocycles. The second-order valence-electron chi connectivity index (χ2n) is 6.55. The SMILES string of the molecule is C=CCn1c(SCCOc2ccc(S(N)(=O)=O)cc2)nnc1[C@H]1CCS(=O)(=O)C1. The van der Waals surface area contributed by atoms with Gasteiger partial charge >= 0.3 is 0 Å². The fourth-order valence-electron chi connectivity index (χ4n) is 3.03. The van der Waals surface area contributed by atoms with Gasteiger partial charge in [-0.2, -0.15) is 0 Å². The van der Waals surface area contributed by atoms with Gasteiger partial charge in [-0.3, -0.25) is 0 Å². The summed E-state index contributed by atoms with van der Waals surface area (Å²) in [6.07, 6.45) is 2.28. The maximum atomic E-state index is 11.8. The molecule has 1 saturated heterocycles. The average molecular weight is 459 g/mol. The van der Waals surface area contributed by atoms with Crippen LogP contribution in [0.25, 0.3) is 0 Å². The Morgan fingerprint density at radius 2 is 2.03 bits per heavy atom. The third kappa shape index (κ3) is 5.59. The molecule has 1 aromatic heterocycles. The summed E-state index contributed by atoms with van der Waals surface area (Å²) in [5.41, 5.74) is 0. The van der Waals surface area contributed by atoms with Crippen molar-refractivity contribution in [3.63, 3.8) is 0 Å². The van der Waals surface area contributed by atoms with Crippen LogP contribution in [0.3, 0.4) is 0 Å². The van der Waals surface area contributed by atoms with Gasteiger partial charge in [0, 0.05) is 18.2 Å². The van der Waals surface area contributed by atoms with Gasteiger partial charge in [0.15, 0.2) is 15.0 Å². The van der Waals surface area contributed by atoms with E-state index in [1.807, 2.05) is 4.57 Å². The third-order valence-electron chi connectivity index (χ3n) is 4.39. The first-order valence-corrected chi connectivity index (χ1v) is 13.2. The number of sulfonamides is 1. The van der Waals surface area contributed by atoms with E-state index in [0.29, 0.717) is 42.1 Å². The lowest BCUT2D eigenvalue weighted by molar-refractivity contribution is 0.343. The largest absolute Gasteiger partial charge is 0.493 e. The van der Waals surface area contributed by atoms with Crippen LogP contribution >= 0.6 is 11.8 Å². The summed E-state index contributed by atoms with van der Waals surface area (Å²) in [4.78, 5) is 0.0261. The van der Waals surface area contributed by atoms with E-state index >= 15 is 0 Å². The number of nitrogens with two attached hydrogens (primary N) is 1. The van der Waals surface area contributed by atoms with Crippen LogP contribution < -0.4 is 9.88 Å². The van der Waals surface area contributed by atoms with Crippen LogP contribution in [0.15, 0.2) is 47.0 Å². The molecule has 0 unspecified atom stereocenters. The first kappa shape index (κ1) is 21.8. The summed E-state index contributed by atoms with van der Waals surface area (Å²) in [5.74, 6) is 1.92. The van der Waals surface area contributed by atoms with Crippen LogP contribution in [0.2, 0.25) is 0 Å². The van der Waals surface area contributed by atoms with Crippen molar-refractivity contribution in [1.82, 2.24) is 14.8 Å². The highest BCUT2D eigenvalue weighted by Crippen LogP contribution is 2.30. The smallest absolute Gasteiger partial charge is 0.238 e. The fourth-order valence-corrected chi connectivity index (χ4v) is 6.05. The quantitative estimate of drug-likeness (QED) is 0.336. The molecule has 0 saturated carbocycles. The number of benzene rings is 1. The normalized spacial score (nSPS) is 18.6. The Morgan fingerprint density at radius 1 is 1.31 bits per heavy atom. The van der Waals surface area contributed by atoms with Crippen LogP contribution in [0.1, 0.15) is 18.2 Å². The summed E-state index contributed by atoms with van der Waals surface area (Å²) in [7, 11) is -6.74. The lowest BCUT2D eigenvalue weighted by atomic mass is 10.1. The third-order valence-corrected chi connectivity index (χ3v) is 8.02. The van der Waals surface area contributed by atoms with E-state index in [2.05, 4.69) is 16.8 Å². The molecule has 0 bridgehead atoms. The molecule has 2 N–H and O–H groups in total. The zero-order valence-electron chi connectivity index (χ0n) is 15.6. The molecule has 0 radical (unpaired) electrons. The maximum absolute atomic E-state index is 11.8. The van der Waals surface area contributed by atoms with Crippen molar-refractivity contribution >= 4 is 31.6 Å². The van der Waals surface area contributed by atoms with Crippen molar-refractivity contribution in [3.05, 3.63) is 42.7 Å². The van der Waals surface area contributed by atoms with Gasteiger partial charge in [-0.25, -0.2) is 22.0 Å². The van der Waals surface area contributed by atoms with Crippen molar-refractivity contribution < 1.29 is 21.6 Å². The van der Waals surface area contributed by atoms with Gasteiger partial charge in [0.05, 0.1) is 23.0 Å².